The second kappa shape index (κ2) is 7.88. The van der Waals surface area contributed by atoms with E-state index in [9.17, 15) is 9.59 Å². The van der Waals surface area contributed by atoms with E-state index < -0.39 is 6.10 Å². The van der Waals surface area contributed by atoms with Crippen LogP contribution in [0.25, 0.3) is 11.0 Å². The summed E-state index contributed by atoms with van der Waals surface area (Å²) < 4.78 is 13.0. The molecule has 0 aliphatic carbocycles. The topological polar surface area (TPSA) is 86.4 Å². The van der Waals surface area contributed by atoms with Crippen molar-refractivity contribution in [1.29, 1.82) is 0 Å². The molecule has 0 fully saturated rings. The van der Waals surface area contributed by atoms with Gasteiger partial charge in [-0.25, -0.2) is 4.79 Å². The number of benzene rings is 1. The number of aromatic nitrogens is 2. The molecular formula is C21H25N3O4. The highest BCUT2D eigenvalue weighted by Crippen LogP contribution is 2.24. The summed E-state index contributed by atoms with van der Waals surface area (Å²) in [6.07, 6.45) is 1.07. The first-order chi connectivity index (χ1) is 13.3. The normalized spacial score (nSPS) is 12.2. The molecule has 0 radical (unpaired) electrons. The number of carbonyl (C=O) groups excluding carboxylic acids is 1. The number of amides is 1. The zero-order chi connectivity index (χ0) is 20.4. The molecule has 3 aromatic rings. The zero-order valence-corrected chi connectivity index (χ0v) is 16.8. The molecule has 0 saturated carbocycles. The van der Waals surface area contributed by atoms with Crippen molar-refractivity contribution >= 4 is 16.9 Å². The quantitative estimate of drug-likeness (QED) is 0.661. The molecule has 0 saturated heterocycles. The van der Waals surface area contributed by atoms with Crippen molar-refractivity contribution in [2.24, 2.45) is 0 Å². The maximum Gasteiger partial charge on any atom is 0.339 e. The van der Waals surface area contributed by atoms with Crippen molar-refractivity contribution in [3.8, 4) is 5.75 Å². The van der Waals surface area contributed by atoms with Gasteiger partial charge in [0.2, 0.25) is 0 Å². The Kier molecular flexibility index (Phi) is 5.53. The van der Waals surface area contributed by atoms with Gasteiger partial charge in [0.15, 0.2) is 6.10 Å². The van der Waals surface area contributed by atoms with E-state index in [4.69, 9.17) is 9.15 Å². The van der Waals surface area contributed by atoms with Crippen LogP contribution in [-0.4, -0.2) is 21.8 Å². The Morgan fingerprint density at radius 3 is 2.71 bits per heavy atom. The van der Waals surface area contributed by atoms with Crippen LogP contribution in [0.3, 0.4) is 0 Å². The summed E-state index contributed by atoms with van der Waals surface area (Å²) in [7, 11) is 0. The Labute approximate surface area is 163 Å². The van der Waals surface area contributed by atoms with E-state index in [2.05, 4.69) is 10.4 Å². The molecular weight excluding hydrogens is 358 g/mol. The average molecular weight is 383 g/mol. The van der Waals surface area contributed by atoms with Crippen LogP contribution in [0.2, 0.25) is 0 Å². The molecule has 1 amide bonds. The third-order valence-electron chi connectivity index (χ3n) is 5.07. The third-order valence-corrected chi connectivity index (χ3v) is 5.07. The minimum Gasteiger partial charge on any atom is -0.481 e. The van der Waals surface area contributed by atoms with Gasteiger partial charge in [0.1, 0.15) is 11.3 Å². The fourth-order valence-corrected chi connectivity index (χ4v) is 3.06. The van der Waals surface area contributed by atoms with Crippen LogP contribution in [0.4, 0.5) is 0 Å². The summed E-state index contributed by atoms with van der Waals surface area (Å²) in [5.74, 6) is 0.238. The molecule has 0 aliphatic heterocycles. The average Bonchev–Trinajstić information content (AvgIpc) is 3.03. The number of nitrogens with one attached hydrogen (secondary N) is 1. The van der Waals surface area contributed by atoms with E-state index >= 15 is 0 Å². The zero-order valence-electron chi connectivity index (χ0n) is 16.8. The maximum atomic E-state index is 12.4. The summed E-state index contributed by atoms with van der Waals surface area (Å²) >= 11 is 0. The predicted molar refractivity (Wildman–Crippen MR) is 107 cm³/mol. The van der Waals surface area contributed by atoms with Gasteiger partial charge in [-0.1, -0.05) is 0 Å². The molecule has 28 heavy (non-hydrogen) atoms. The summed E-state index contributed by atoms with van der Waals surface area (Å²) in [6, 6.07) is 5.25. The highest BCUT2D eigenvalue weighted by molar-refractivity contribution is 5.83. The molecule has 3 rings (SSSR count). The minimum absolute atomic E-state index is 0.231. The Bertz CT molecular complexity index is 1080. The van der Waals surface area contributed by atoms with Gasteiger partial charge in [0.05, 0.1) is 6.20 Å². The van der Waals surface area contributed by atoms with Crippen LogP contribution in [0.15, 0.2) is 33.6 Å². The van der Waals surface area contributed by atoms with Gasteiger partial charge in [-0.3, -0.25) is 9.48 Å². The van der Waals surface area contributed by atoms with Gasteiger partial charge >= 0.3 is 5.63 Å². The van der Waals surface area contributed by atoms with Gasteiger partial charge in [-0.05, 0) is 52.3 Å². The van der Waals surface area contributed by atoms with Crippen LogP contribution in [0, 0.1) is 20.8 Å². The SMILES string of the molecule is CCn1ncc(CNC(=O)C(C)Oc2ccc3c(C)c(C)c(=O)oc3c2)c1C. The van der Waals surface area contributed by atoms with E-state index in [0.717, 1.165) is 28.8 Å². The first-order valence-electron chi connectivity index (χ1n) is 9.31. The Morgan fingerprint density at radius 1 is 1.29 bits per heavy atom. The first-order valence-corrected chi connectivity index (χ1v) is 9.31. The lowest BCUT2D eigenvalue weighted by molar-refractivity contribution is -0.127. The number of nitrogens with zero attached hydrogens (tertiary/aromatic N) is 2. The smallest absolute Gasteiger partial charge is 0.339 e. The first kappa shape index (κ1) is 19.7. The van der Waals surface area contributed by atoms with E-state index in [1.807, 2.05) is 31.5 Å². The maximum absolute atomic E-state index is 12.4. The number of aryl methyl sites for hydroxylation is 2. The predicted octanol–water partition coefficient (Wildman–Crippen LogP) is 3.02. The monoisotopic (exact) mass is 383 g/mol. The molecule has 1 aromatic carbocycles. The summed E-state index contributed by atoms with van der Waals surface area (Å²) in [5, 5.41) is 7.99. The van der Waals surface area contributed by atoms with Gasteiger partial charge in [-0.15, -0.1) is 0 Å². The Hall–Kier alpha value is -3.09. The third kappa shape index (κ3) is 3.78. The second-order valence-corrected chi connectivity index (χ2v) is 6.85. The lowest BCUT2D eigenvalue weighted by Gasteiger charge is -2.15. The van der Waals surface area contributed by atoms with Gasteiger partial charge in [-0.2, -0.15) is 5.10 Å². The number of ether oxygens (including phenoxy) is 1. The number of fused-ring (bicyclic) bond motifs is 1. The van der Waals surface area contributed by atoms with Crippen molar-refractivity contribution in [2.75, 3.05) is 0 Å². The molecule has 1 unspecified atom stereocenters. The highest BCUT2D eigenvalue weighted by atomic mass is 16.5. The minimum atomic E-state index is -0.697. The summed E-state index contributed by atoms with van der Waals surface area (Å²) in [6.45, 7) is 10.5. The molecule has 0 spiro atoms. The van der Waals surface area contributed by atoms with E-state index in [1.54, 1.807) is 32.2 Å². The van der Waals surface area contributed by atoms with Gasteiger partial charge in [0, 0.05) is 41.4 Å². The number of hydrogen-bond acceptors (Lipinski definition) is 5. The largest absolute Gasteiger partial charge is 0.481 e. The molecule has 2 aromatic heterocycles. The highest BCUT2D eigenvalue weighted by Gasteiger charge is 2.16. The van der Waals surface area contributed by atoms with Crippen LogP contribution < -0.4 is 15.7 Å². The lowest BCUT2D eigenvalue weighted by atomic mass is 10.1. The fourth-order valence-electron chi connectivity index (χ4n) is 3.06. The standard InChI is InChI=1S/C21H25N3O4/c1-6-24-14(4)16(11-23-24)10-22-20(25)15(5)27-17-7-8-18-12(2)13(3)21(26)28-19(18)9-17/h7-9,11,15H,6,10H2,1-5H3,(H,22,25). The van der Waals surface area contributed by atoms with E-state index in [-0.39, 0.29) is 11.5 Å². The van der Waals surface area contributed by atoms with Crippen LogP contribution in [0.5, 0.6) is 5.75 Å². The molecule has 7 nitrogen and oxygen atoms in total. The van der Waals surface area contributed by atoms with Crippen LogP contribution in [0.1, 0.15) is 36.2 Å². The summed E-state index contributed by atoms with van der Waals surface area (Å²) in [4.78, 5) is 24.3. The fraction of sp³-hybridized carbons (Fsp3) is 0.381. The molecule has 1 atom stereocenters. The summed E-state index contributed by atoms with van der Waals surface area (Å²) in [5.41, 5.74) is 3.56. The number of carbonyl (C=O) groups is 1. The number of rotatable bonds is 6. The molecule has 0 bridgehead atoms. The van der Waals surface area contributed by atoms with E-state index in [0.29, 0.717) is 23.4 Å². The van der Waals surface area contributed by atoms with Crippen LogP contribution >= 0.6 is 0 Å². The van der Waals surface area contributed by atoms with E-state index in [1.165, 1.54) is 0 Å². The molecule has 2 heterocycles. The number of hydrogen-bond donors (Lipinski definition) is 1. The van der Waals surface area contributed by atoms with Gasteiger partial charge in [0.25, 0.3) is 5.91 Å². The van der Waals surface area contributed by atoms with Crippen molar-refractivity contribution in [3.63, 3.8) is 0 Å². The Balaban J connectivity index is 1.68. The molecule has 7 heteroatoms. The Morgan fingerprint density at radius 2 is 2.04 bits per heavy atom. The van der Waals surface area contributed by atoms with Crippen LogP contribution in [-0.2, 0) is 17.9 Å². The van der Waals surface area contributed by atoms with Crippen molar-refractivity contribution in [1.82, 2.24) is 15.1 Å². The van der Waals surface area contributed by atoms with Gasteiger partial charge < -0.3 is 14.5 Å². The molecule has 1 N–H and O–H groups in total. The van der Waals surface area contributed by atoms with Crippen molar-refractivity contribution in [3.05, 3.63) is 57.2 Å². The lowest BCUT2D eigenvalue weighted by Crippen LogP contribution is -2.36. The second-order valence-electron chi connectivity index (χ2n) is 6.85. The van der Waals surface area contributed by atoms with Crippen molar-refractivity contribution < 1.29 is 13.9 Å². The molecule has 0 aliphatic rings. The molecule has 148 valence electrons. The van der Waals surface area contributed by atoms with Crippen molar-refractivity contribution in [2.45, 2.75) is 53.8 Å².